The summed E-state index contributed by atoms with van der Waals surface area (Å²) in [6, 6.07) is 5.62. The molecule has 1 aromatic carbocycles. The lowest BCUT2D eigenvalue weighted by atomic mass is 9.75. The zero-order chi connectivity index (χ0) is 19.9. The van der Waals surface area contributed by atoms with Gasteiger partial charge in [-0.3, -0.25) is 4.79 Å². The normalized spacial score (nSPS) is 22.7. The zero-order valence-electron chi connectivity index (χ0n) is 16.8. The van der Waals surface area contributed by atoms with Crippen molar-refractivity contribution in [3.63, 3.8) is 0 Å². The van der Waals surface area contributed by atoms with Crippen LogP contribution in [0, 0.1) is 5.92 Å². The van der Waals surface area contributed by atoms with Gasteiger partial charge in [0.1, 0.15) is 5.75 Å². The Bertz CT molecular complexity index is 601. The molecular formula is C21H32O6. The summed E-state index contributed by atoms with van der Waals surface area (Å²) in [7, 11) is 1.60. The summed E-state index contributed by atoms with van der Waals surface area (Å²) in [6.07, 6.45) is 1.69. The summed E-state index contributed by atoms with van der Waals surface area (Å²) in [5.74, 6) is 0.361. The van der Waals surface area contributed by atoms with E-state index in [0.29, 0.717) is 51.3 Å². The number of hydrogen-bond acceptors (Lipinski definition) is 6. The number of hydrogen-bond donors (Lipinski definition) is 1. The predicted molar refractivity (Wildman–Crippen MR) is 101 cm³/mol. The lowest BCUT2D eigenvalue weighted by Crippen LogP contribution is -2.34. The van der Waals surface area contributed by atoms with E-state index in [1.54, 1.807) is 7.11 Å². The van der Waals surface area contributed by atoms with Crippen molar-refractivity contribution in [2.75, 3.05) is 26.9 Å². The highest BCUT2D eigenvalue weighted by atomic mass is 16.7. The van der Waals surface area contributed by atoms with Gasteiger partial charge in [-0.25, -0.2) is 0 Å². The van der Waals surface area contributed by atoms with Crippen LogP contribution in [0.15, 0.2) is 18.2 Å². The van der Waals surface area contributed by atoms with Gasteiger partial charge in [0.05, 0.1) is 30.8 Å². The fourth-order valence-corrected chi connectivity index (χ4v) is 3.62. The monoisotopic (exact) mass is 380 g/mol. The third-order valence-corrected chi connectivity index (χ3v) is 5.09. The number of benzene rings is 1. The average Bonchev–Trinajstić information content (AvgIpc) is 2.68. The van der Waals surface area contributed by atoms with Crippen LogP contribution < -0.4 is 4.74 Å². The minimum absolute atomic E-state index is 0.137. The van der Waals surface area contributed by atoms with Crippen molar-refractivity contribution in [2.24, 2.45) is 5.92 Å². The molecule has 1 aliphatic carbocycles. The summed E-state index contributed by atoms with van der Waals surface area (Å²) in [5, 5.41) is 11.2. The Hall–Kier alpha value is -1.63. The Morgan fingerprint density at radius 1 is 1.15 bits per heavy atom. The van der Waals surface area contributed by atoms with Gasteiger partial charge in [-0.1, -0.05) is 6.07 Å². The van der Waals surface area contributed by atoms with Crippen LogP contribution in [0.3, 0.4) is 0 Å². The maximum Gasteiger partial charge on any atom is 0.308 e. The lowest BCUT2D eigenvalue weighted by molar-refractivity contribution is -0.151. The van der Waals surface area contributed by atoms with Gasteiger partial charge in [0, 0.05) is 13.2 Å². The smallest absolute Gasteiger partial charge is 0.308 e. The Kier molecular flexibility index (Phi) is 8.07. The van der Waals surface area contributed by atoms with Crippen molar-refractivity contribution in [1.82, 2.24) is 0 Å². The highest BCUT2D eigenvalue weighted by Crippen LogP contribution is 2.42. The fraction of sp³-hybridized carbons (Fsp3) is 0.667. The van der Waals surface area contributed by atoms with Crippen molar-refractivity contribution >= 4 is 5.97 Å². The van der Waals surface area contributed by atoms with E-state index in [2.05, 4.69) is 0 Å². The molecule has 0 aliphatic heterocycles. The van der Waals surface area contributed by atoms with Crippen molar-refractivity contribution < 1.29 is 28.8 Å². The maximum absolute atomic E-state index is 12.0. The van der Waals surface area contributed by atoms with Gasteiger partial charge < -0.3 is 24.1 Å². The number of esters is 1. The highest BCUT2D eigenvalue weighted by molar-refractivity contribution is 5.72. The summed E-state index contributed by atoms with van der Waals surface area (Å²) < 4.78 is 22.0. The van der Waals surface area contributed by atoms with E-state index in [-0.39, 0.29) is 11.9 Å². The summed E-state index contributed by atoms with van der Waals surface area (Å²) in [6.45, 7) is 7.02. The van der Waals surface area contributed by atoms with Crippen LogP contribution in [-0.2, 0) is 24.6 Å². The van der Waals surface area contributed by atoms with E-state index in [1.165, 1.54) is 0 Å². The molecule has 27 heavy (non-hydrogen) atoms. The number of carbonyl (C=O) groups excluding carboxylic acids is 1. The zero-order valence-corrected chi connectivity index (χ0v) is 16.8. The fourth-order valence-electron chi connectivity index (χ4n) is 3.62. The van der Waals surface area contributed by atoms with E-state index in [9.17, 15) is 9.90 Å². The first-order valence-corrected chi connectivity index (χ1v) is 9.79. The summed E-state index contributed by atoms with van der Waals surface area (Å²) in [5.41, 5.74) is 0.581. The number of aliphatic hydroxyl groups is 1. The van der Waals surface area contributed by atoms with Gasteiger partial charge in [0.2, 0.25) is 0 Å². The van der Waals surface area contributed by atoms with Crippen LogP contribution in [0.2, 0.25) is 0 Å². The largest absolute Gasteiger partial charge is 0.496 e. The minimum atomic E-state index is -0.979. The van der Waals surface area contributed by atoms with Gasteiger partial charge in [-0.05, 0) is 64.2 Å². The molecule has 0 spiro atoms. The summed E-state index contributed by atoms with van der Waals surface area (Å²) in [4.78, 5) is 12.0. The molecule has 1 saturated carbocycles. The Morgan fingerprint density at radius 3 is 2.30 bits per heavy atom. The molecule has 0 aromatic heterocycles. The van der Waals surface area contributed by atoms with Crippen molar-refractivity contribution in [1.29, 1.82) is 0 Å². The molecule has 6 nitrogen and oxygen atoms in total. The molecule has 0 saturated heterocycles. The van der Waals surface area contributed by atoms with Crippen LogP contribution >= 0.6 is 0 Å². The van der Waals surface area contributed by atoms with Crippen molar-refractivity contribution in [2.45, 2.75) is 58.3 Å². The molecule has 0 amide bonds. The topological polar surface area (TPSA) is 74.2 Å². The first-order chi connectivity index (χ1) is 13.0. The molecule has 0 atom stereocenters. The van der Waals surface area contributed by atoms with E-state index in [1.807, 2.05) is 39.0 Å². The third-order valence-electron chi connectivity index (χ3n) is 5.09. The molecule has 1 fully saturated rings. The first-order valence-electron chi connectivity index (χ1n) is 9.79. The van der Waals surface area contributed by atoms with Gasteiger partial charge >= 0.3 is 5.97 Å². The SMILES string of the molecule is CCOC(=O)C1CCC(O)(c2ccc(OC)c(C(OCC)OCC)c2)CC1. The van der Waals surface area contributed by atoms with E-state index in [4.69, 9.17) is 18.9 Å². The number of rotatable bonds is 9. The molecule has 6 heteroatoms. The maximum atomic E-state index is 12.0. The lowest BCUT2D eigenvalue weighted by Gasteiger charge is -2.36. The molecule has 0 bridgehead atoms. The second-order valence-corrected chi connectivity index (χ2v) is 6.76. The van der Waals surface area contributed by atoms with Crippen LogP contribution in [0.1, 0.15) is 63.9 Å². The number of carbonyl (C=O) groups is 1. The number of ether oxygens (including phenoxy) is 4. The van der Waals surface area contributed by atoms with Gasteiger partial charge in [0.15, 0.2) is 6.29 Å². The van der Waals surface area contributed by atoms with Crippen molar-refractivity contribution in [3.05, 3.63) is 29.3 Å². The van der Waals surface area contributed by atoms with E-state index >= 15 is 0 Å². The second-order valence-electron chi connectivity index (χ2n) is 6.76. The van der Waals surface area contributed by atoms with Gasteiger partial charge in [-0.15, -0.1) is 0 Å². The van der Waals surface area contributed by atoms with E-state index < -0.39 is 11.9 Å². The van der Waals surface area contributed by atoms with E-state index in [0.717, 1.165) is 11.1 Å². The second kappa shape index (κ2) is 10.1. The van der Waals surface area contributed by atoms with Crippen LogP contribution in [-0.4, -0.2) is 38.0 Å². The van der Waals surface area contributed by atoms with Gasteiger partial charge in [0.25, 0.3) is 0 Å². The molecule has 1 N–H and O–H groups in total. The van der Waals surface area contributed by atoms with Crippen molar-refractivity contribution in [3.8, 4) is 5.75 Å². The Balaban J connectivity index is 2.23. The highest BCUT2D eigenvalue weighted by Gasteiger charge is 2.38. The van der Waals surface area contributed by atoms with Crippen LogP contribution in [0.5, 0.6) is 5.75 Å². The molecule has 0 heterocycles. The Morgan fingerprint density at radius 2 is 1.78 bits per heavy atom. The average molecular weight is 380 g/mol. The predicted octanol–water partition coefficient (Wildman–Crippen LogP) is 3.71. The molecule has 1 aliphatic rings. The molecule has 2 rings (SSSR count). The minimum Gasteiger partial charge on any atom is -0.496 e. The third kappa shape index (κ3) is 5.21. The molecule has 0 radical (unpaired) electrons. The van der Waals surface area contributed by atoms with Crippen LogP contribution in [0.4, 0.5) is 0 Å². The van der Waals surface area contributed by atoms with Gasteiger partial charge in [-0.2, -0.15) is 0 Å². The molecule has 152 valence electrons. The quantitative estimate of drug-likeness (QED) is 0.520. The molecule has 0 unspecified atom stereocenters. The standard InChI is InChI=1S/C21H32O6/c1-5-25-19(22)15-10-12-21(23,13-11-15)16-8-9-18(24-4)17(14-16)20(26-6-2)27-7-3/h8-9,14-15,20,23H,5-7,10-13H2,1-4H3. The van der Waals surface area contributed by atoms with Crippen LogP contribution in [0.25, 0.3) is 0 Å². The summed E-state index contributed by atoms with van der Waals surface area (Å²) >= 11 is 0. The Labute approximate surface area is 161 Å². The molecule has 1 aromatic rings. The molecular weight excluding hydrogens is 348 g/mol. The first kappa shape index (κ1) is 21.7. The number of methoxy groups -OCH3 is 1.